The van der Waals surface area contributed by atoms with Crippen LogP contribution in [0.5, 0.6) is 0 Å². The lowest BCUT2D eigenvalue weighted by atomic mass is 10.0. The molecule has 0 radical (unpaired) electrons. The summed E-state index contributed by atoms with van der Waals surface area (Å²) in [6.45, 7) is 0.974. The topological polar surface area (TPSA) is 18.8 Å². The van der Waals surface area contributed by atoms with Gasteiger partial charge in [-0.3, -0.25) is 4.99 Å². The summed E-state index contributed by atoms with van der Waals surface area (Å²) in [6, 6.07) is 0. The Morgan fingerprint density at radius 2 is 1.62 bits per heavy atom. The molecule has 0 spiro atoms. The van der Waals surface area contributed by atoms with Gasteiger partial charge in [-0.05, 0) is 18.8 Å². The maximum atomic E-state index is 4.65. The highest BCUT2D eigenvalue weighted by molar-refractivity contribution is 5.79. The van der Waals surface area contributed by atoms with Crippen molar-refractivity contribution < 1.29 is 0 Å². The van der Waals surface area contributed by atoms with E-state index in [0.29, 0.717) is 0 Å². The molecule has 0 unspecified atom stereocenters. The standard InChI is InChI=1S/C13H27N3/c1-15(2)13(16(3)4)14-11-7-10-12-8-5-6-9-12/h12H,5-11H2,1-4H3. The van der Waals surface area contributed by atoms with Crippen molar-refractivity contribution in [1.82, 2.24) is 9.80 Å². The number of aliphatic imine (C=N–C) groups is 1. The summed E-state index contributed by atoms with van der Waals surface area (Å²) in [4.78, 5) is 8.81. The first-order valence-electron chi connectivity index (χ1n) is 6.50. The molecule has 0 heterocycles. The molecule has 1 aliphatic carbocycles. The average molecular weight is 225 g/mol. The van der Waals surface area contributed by atoms with Gasteiger partial charge in [0.1, 0.15) is 0 Å². The minimum absolute atomic E-state index is 0.974. The molecule has 0 atom stereocenters. The van der Waals surface area contributed by atoms with Crippen LogP contribution in [0, 0.1) is 5.92 Å². The molecular weight excluding hydrogens is 198 g/mol. The first-order chi connectivity index (χ1) is 7.61. The van der Waals surface area contributed by atoms with Crippen LogP contribution >= 0.6 is 0 Å². The fraction of sp³-hybridized carbons (Fsp3) is 0.923. The van der Waals surface area contributed by atoms with E-state index in [9.17, 15) is 0 Å². The largest absolute Gasteiger partial charge is 0.349 e. The number of rotatable bonds is 4. The molecule has 0 aliphatic heterocycles. The SMILES string of the molecule is CN(C)C(=NCCCC1CCCC1)N(C)C. The van der Waals surface area contributed by atoms with Crippen LogP contribution in [0.4, 0.5) is 0 Å². The predicted molar refractivity (Wildman–Crippen MR) is 70.9 cm³/mol. The third-order valence-electron chi connectivity index (χ3n) is 3.30. The molecule has 16 heavy (non-hydrogen) atoms. The first-order valence-corrected chi connectivity index (χ1v) is 6.50. The second-order valence-electron chi connectivity index (χ2n) is 5.26. The molecular formula is C13H27N3. The van der Waals surface area contributed by atoms with E-state index >= 15 is 0 Å². The molecule has 1 aliphatic rings. The van der Waals surface area contributed by atoms with Crippen molar-refractivity contribution in [2.45, 2.75) is 38.5 Å². The van der Waals surface area contributed by atoms with Crippen molar-refractivity contribution in [3.8, 4) is 0 Å². The van der Waals surface area contributed by atoms with E-state index in [4.69, 9.17) is 0 Å². The van der Waals surface area contributed by atoms with Crippen LogP contribution in [-0.2, 0) is 0 Å². The third kappa shape index (κ3) is 4.42. The Balaban J connectivity index is 2.22. The molecule has 1 fully saturated rings. The lowest BCUT2D eigenvalue weighted by Gasteiger charge is -2.22. The zero-order valence-corrected chi connectivity index (χ0v) is 11.4. The summed E-state index contributed by atoms with van der Waals surface area (Å²) in [5.41, 5.74) is 0. The van der Waals surface area contributed by atoms with Gasteiger partial charge in [-0.25, -0.2) is 0 Å². The monoisotopic (exact) mass is 225 g/mol. The van der Waals surface area contributed by atoms with Crippen molar-refractivity contribution in [2.24, 2.45) is 10.9 Å². The molecule has 94 valence electrons. The van der Waals surface area contributed by atoms with Crippen LogP contribution in [-0.4, -0.2) is 50.5 Å². The number of guanidine groups is 1. The third-order valence-corrected chi connectivity index (χ3v) is 3.30. The van der Waals surface area contributed by atoms with E-state index in [0.717, 1.165) is 18.4 Å². The van der Waals surface area contributed by atoms with E-state index in [-0.39, 0.29) is 0 Å². The van der Waals surface area contributed by atoms with Crippen molar-refractivity contribution in [2.75, 3.05) is 34.7 Å². The van der Waals surface area contributed by atoms with E-state index in [1.165, 1.54) is 38.5 Å². The fourth-order valence-electron chi connectivity index (χ4n) is 2.54. The molecule has 0 aromatic carbocycles. The van der Waals surface area contributed by atoms with Gasteiger partial charge >= 0.3 is 0 Å². The van der Waals surface area contributed by atoms with Crippen LogP contribution in [0.15, 0.2) is 4.99 Å². The molecule has 3 heteroatoms. The highest BCUT2D eigenvalue weighted by Gasteiger charge is 2.14. The minimum atomic E-state index is 0.974. The summed E-state index contributed by atoms with van der Waals surface area (Å²) in [7, 11) is 8.21. The minimum Gasteiger partial charge on any atom is -0.349 e. The number of hydrogen-bond acceptors (Lipinski definition) is 1. The highest BCUT2D eigenvalue weighted by Crippen LogP contribution is 2.28. The Bertz CT molecular complexity index is 205. The van der Waals surface area contributed by atoms with Crippen LogP contribution < -0.4 is 0 Å². The van der Waals surface area contributed by atoms with E-state index in [1.807, 2.05) is 0 Å². The molecule has 0 aromatic rings. The maximum Gasteiger partial charge on any atom is 0.195 e. The lowest BCUT2D eigenvalue weighted by Crippen LogP contribution is -2.35. The van der Waals surface area contributed by atoms with Gasteiger partial charge in [-0.15, -0.1) is 0 Å². The molecule has 0 N–H and O–H groups in total. The summed E-state index contributed by atoms with van der Waals surface area (Å²) in [5, 5.41) is 0. The summed E-state index contributed by atoms with van der Waals surface area (Å²) < 4.78 is 0. The van der Waals surface area contributed by atoms with Crippen molar-refractivity contribution in [3.05, 3.63) is 0 Å². The van der Waals surface area contributed by atoms with Gasteiger partial charge in [-0.1, -0.05) is 25.7 Å². The molecule has 0 amide bonds. The second kappa shape index (κ2) is 6.77. The quantitative estimate of drug-likeness (QED) is 0.416. The van der Waals surface area contributed by atoms with Gasteiger partial charge in [-0.2, -0.15) is 0 Å². The van der Waals surface area contributed by atoms with E-state index in [2.05, 4.69) is 43.0 Å². The zero-order chi connectivity index (χ0) is 12.0. The predicted octanol–water partition coefficient (Wildman–Crippen LogP) is 2.44. The van der Waals surface area contributed by atoms with Gasteiger partial charge in [0.15, 0.2) is 5.96 Å². The van der Waals surface area contributed by atoms with Gasteiger partial charge in [0.25, 0.3) is 0 Å². The molecule has 1 rings (SSSR count). The summed E-state index contributed by atoms with van der Waals surface area (Å²) in [5.74, 6) is 2.07. The average Bonchev–Trinajstić information content (AvgIpc) is 2.68. The molecule has 0 bridgehead atoms. The van der Waals surface area contributed by atoms with Crippen molar-refractivity contribution in [3.63, 3.8) is 0 Å². The van der Waals surface area contributed by atoms with Gasteiger partial charge in [0, 0.05) is 34.7 Å². The normalized spacial score (nSPS) is 16.2. The van der Waals surface area contributed by atoms with Gasteiger partial charge < -0.3 is 9.80 Å². The highest BCUT2D eigenvalue weighted by atomic mass is 15.3. The van der Waals surface area contributed by atoms with Crippen LogP contribution in [0.25, 0.3) is 0 Å². The Morgan fingerprint density at radius 3 is 2.12 bits per heavy atom. The molecule has 3 nitrogen and oxygen atoms in total. The Kier molecular flexibility index (Phi) is 5.64. The maximum absolute atomic E-state index is 4.65. The Labute approximate surface area is 101 Å². The van der Waals surface area contributed by atoms with Crippen LogP contribution in [0.1, 0.15) is 38.5 Å². The Morgan fingerprint density at radius 1 is 1.06 bits per heavy atom. The number of hydrogen-bond donors (Lipinski definition) is 0. The van der Waals surface area contributed by atoms with Crippen LogP contribution in [0.3, 0.4) is 0 Å². The van der Waals surface area contributed by atoms with E-state index < -0.39 is 0 Å². The molecule has 0 aromatic heterocycles. The smallest absolute Gasteiger partial charge is 0.195 e. The van der Waals surface area contributed by atoms with Gasteiger partial charge in [0.2, 0.25) is 0 Å². The number of nitrogens with zero attached hydrogens (tertiary/aromatic N) is 3. The van der Waals surface area contributed by atoms with E-state index in [1.54, 1.807) is 0 Å². The molecule has 0 saturated heterocycles. The summed E-state index contributed by atoms with van der Waals surface area (Å²) in [6.07, 6.45) is 8.44. The first kappa shape index (κ1) is 13.3. The summed E-state index contributed by atoms with van der Waals surface area (Å²) >= 11 is 0. The van der Waals surface area contributed by atoms with Gasteiger partial charge in [0.05, 0.1) is 0 Å². The fourth-order valence-corrected chi connectivity index (χ4v) is 2.54. The molecule has 1 saturated carbocycles. The lowest BCUT2D eigenvalue weighted by molar-refractivity contribution is 0.466. The second-order valence-corrected chi connectivity index (χ2v) is 5.26. The Hall–Kier alpha value is -0.730. The zero-order valence-electron chi connectivity index (χ0n) is 11.4. The van der Waals surface area contributed by atoms with Crippen molar-refractivity contribution >= 4 is 5.96 Å². The van der Waals surface area contributed by atoms with Crippen molar-refractivity contribution in [1.29, 1.82) is 0 Å². The van der Waals surface area contributed by atoms with Crippen LogP contribution in [0.2, 0.25) is 0 Å².